The lowest BCUT2D eigenvalue weighted by molar-refractivity contribution is 0.152. The normalized spacial score (nSPS) is 20.2. The van der Waals surface area contributed by atoms with Crippen molar-refractivity contribution in [2.45, 2.75) is 0 Å². The van der Waals surface area contributed by atoms with Crippen molar-refractivity contribution in [3.8, 4) is 11.4 Å². The maximum absolute atomic E-state index is 9.53. The van der Waals surface area contributed by atoms with Gasteiger partial charge in [0.1, 0.15) is 11.6 Å². The Kier molecular flexibility index (Phi) is 4.56. The molecule has 1 aromatic carbocycles. The average molecular weight is 373 g/mol. The number of hydrogen-bond donors (Lipinski definition) is 2. The van der Waals surface area contributed by atoms with Gasteiger partial charge in [-0.2, -0.15) is 0 Å². The molecule has 26 heavy (non-hydrogen) atoms. The zero-order valence-electron chi connectivity index (χ0n) is 14.5. The van der Waals surface area contributed by atoms with Crippen LogP contribution in [0.25, 0.3) is 22.4 Å². The fourth-order valence-corrected chi connectivity index (χ4v) is 3.89. The predicted octanol–water partition coefficient (Wildman–Crippen LogP) is 2.33. The fraction of sp³-hybridized carbons (Fsp3) is 0.368. The second kappa shape index (κ2) is 6.87. The Morgan fingerprint density at radius 2 is 1.85 bits per heavy atom. The van der Waals surface area contributed by atoms with Crippen LogP contribution in [0.2, 0.25) is 5.02 Å². The van der Waals surface area contributed by atoms with E-state index >= 15 is 0 Å². The summed E-state index contributed by atoms with van der Waals surface area (Å²) in [6.45, 7) is 1.45. The van der Waals surface area contributed by atoms with Gasteiger partial charge in [0.25, 0.3) is 0 Å². The lowest BCUT2D eigenvalue weighted by atomic mass is 9.98. The van der Waals surface area contributed by atoms with Crippen LogP contribution in [0, 0.1) is 11.8 Å². The third kappa shape index (κ3) is 2.84. The van der Waals surface area contributed by atoms with Crippen LogP contribution < -0.4 is 4.90 Å². The van der Waals surface area contributed by atoms with Gasteiger partial charge in [-0.25, -0.2) is 9.97 Å². The molecule has 2 N–H and O–H groups in total. The number of anilines is 1. The van der Waals surface area contributed by atoms with E-state index in [-0.39, 0.29) is 25.0 Å². The van der Waals surface area contributed by atoms with Crippen LogP contribution in [-0.4, -0.2) is 51.1 Å². The van der Waals surface area contributed by atoms with Gasteiger partial charge in [0.15, 0.2) is 0 Å². The van der Waals surface area contributed by atoms with Crippen molar-refractivity contribution in [2.75, 3.05) is 31.2 Å². The highest BCUT2D eigenvalue weighted by Crippen LogP contribution is 2.34. The van der Waals surface area contributed by atoms with Gasteiger partial charge in [-0.3, -0.25) is 0 Å². The molecule has 1 aliphatic heterocycles. The van der Waals surface area contributed by atoms with Crippen LogP contribution in [0.15, 0.2) is 36.5 Å². The van der Waals surface area contributed by atoms with Crippen LogP contribution in [0.1, 0.15) is 0 Å². The Hall–Kier alpha value is -2.15. The minimum atomic E-state index is 0.0525. The summed E-state index contributed by atoms with van der Waals surface area (Å²) in [4.78, 5) is 11.3. The molecule has 2 unspecified atom stereocenters. The molecule has 0 spiro atoms. The van der Waals surface area contributed by atoms with Gasteiger partial charge in [-0.15, -0.1) is 0 Å². The van der Waals surface area contributed by atoms with E-state index in [1.807, 2.05) is 41.9 Å². The van der Waals surface area contributed by atoms with E-state index in [4.69, 9.17) is 16.6 Å². The standard InChI is InChI=1S/C19H21ClN4O2/c1-23-17-5-3-2-4-16(17)22-19(23)14-6-18(21-7-15(14)20)24-8-12(10-25)13(9-24)11-26/h2-7,12-13,25-26H,8-11H2,1H3. The van der Waals surface area contributed by atoms with Gasteiger partial charge < -0.3 is 19.7 Å². The number of pyridine rings is 1. The van der Waals surface area contributed by atoms with Crippen molar-refractivity contribution in [1.82, 2.24) is 14.5 Å². The molecule has 2 aromatic heterocycles. The van der Waals surface area contributed by atoms with E-state index in [0.29, 0.717) is 18.1 Å². The number of fused-ring (bicyclic) bond motifs is 1. The first-order valence-corrected chi connectivity index (χ1v) is 9.04. The molecular weight excluding hydrogens is 352 g/mol. The smallest absolute Gasteiger partial charge is 0.142 e. The van der Waals surface area contributed by atoms with Crippen molar-refractivity contribution in [2.24, 2.45) is 18.9 Å². The molecule has 4 rings (SSSR count). The lowest BCUT2D eigenvalue weighted by Gasteiger charge is -2.18. The molecular formula is C19H21ClN4O2. The van der Waals surface area contributed by atoms with E-state index in [1.54, 1.807) is 6.20 Å². The molecule has 0 amide bonds. The quantitative estimate of drug-likeness (QED) is 0.735. The van der Waals surface area contributed by atoms with Gasteiger partial charge in [0.05, 0.1) is 16.1 Å². The Balaban J connectivity index is 1.74. The Morgan fingerprint density at radius 3 is 2.50 bits per heavy atom. The van der Waals surface area contributed by atoms with Crippen molar-refractivity contribution in [3.63, 3.8) is 0 Å². The molecule has 0 saturated carbocycles. The number of aryl methyl sites for hydroxylation is 1. The Labute approximate surface area is 156 Å². The fourth-order valence-electron chi connectivity index (χ4n) is 3.70. The van der Waals surface area contributed by atoms with Gasteiger partial charge in [-0.1, -0.05) is 23.7 Å². The Bertz CT molecular complexity index is 930. The number of aliphatic hydroxyl groups is 2. The van der Waals surface area contributed by atoms with Crippen molar-refractivity contribution < 1.29 is 10.2 Å². The van der Waals surface area contributed by atoms with Crippen LogP contribution >= 0.6 is 11.6 Å². The van der Waals surface area contributed by atoms with Gasteiger partial charge in [0, 0.05) is 56.9 Å². The summed E-state index contributed by atoms with van der Waals surface area (Å²) in [5.41, 5.74) is 2.78. The molecule has 0 radical (unpaired) electrons. The number of rotatable bonds is 4. The number of benzene rings is 1. The van der Waals surface area contributed by atoms with Crippen LogP contribution in [0.3, 0.4) is 0 Å². The van der Waals surface area contributed by atoms with Gasteiger partial charge in [-0.05, 0) is 18.2 Å². The summed E-state index contributed by atoms with van der Waals surface area (Å²) >= 11 is 6.43. The van der Waals surface area contributed by atoms with Crippen LogP contribution in [0.4, 0.5) is 5.82 Å². The van der Waals surface area contributed by atoms with E-state index < -0.39 is 0 Å². The van der Waals surface area contributed by atoms with E-state index in [9.17, 15) is 10.2 Å². The first-order chi connectivity index (χ1) is 12.6. The minimum Gasteiger partial charge on any atom is -0.396 e. The van der Waals surface area contributed by atoms with E-state index in [2.05, 4.69) is 9.88 Å². The van der Waals surface area contributed by atoms with E-state index in [0.717, 1.165) is 28.2 Å². The maximum atomic E-state index is 9.53. The highest BCUT2D eigenvalue weighted by atomic mass is 35.5. The molecule has 1 aliphatic rings. The molecule has 136 valence electrons. The summed E-state index contributed by atoms with van der Waals surface area (Å²) in [7, 11) is 1.97. The second-order valence-corrected chi connectivity index (χ2v) is 7.20. The molecule has 3 aromatic rings. The molecule has 0 aliphatic carbocycles. The molecule has 7 heteroatoms. The molecule has 6 nitrogen and oxygen atoms in total. The van der Waals surface area contributed by atoms with Crippen LogP contribution in [-0.2, 0) is 7.05 Å². The molecule has 1 saturated heterocycles. The Morgan fingerprint density at radius 1 is 1.15 bits per heavy atom. The topological polar surface area (TPSA) is 74.4 Å². The SMILES string of the molecule is Cn1c(-c2cc(N3CC(CO)C(CO)C3)ncc2Cl)nc2ccccc21. The molecule has 2 atom stereocenters. The number of para-hydroxylation sites is 2. The molecule has 3 heterocycles. The summed E-state index contributed by atoms with van der Waals surface area (Å²) < 4.78 is 2.03. The summed E-state index contributed by atoms with van der Waals surface area (Å²) in [5.74, 6) is 1.68. The monoisotopic (exact) mass is 372 g/mol. The number of imidazole rings is 1. The van der Waals surface area contributed by atoms with Crippen molar-refractivity contribution in [1.29, 1.82) is 0 Å². The number of aliphatic hydroxyl groups excluding tert-OH is 2. The van der Waals surface area contributed by atoms with Crippen molar-refractivity contribution >= 4 is 28.5 Å². The number of nitrogens with zero attached hydrogens (tertiary/aromatic N) is 4. The first kappa shape index (κ1) is 17.3. The second-order valence-electron chi connectivity index (χ2n) is 6.80. The zero-order chi connectivity index (χ0) is 18.3. The molecule has 1 fully saturated rings. The highest BCUT2D eigenvalue weighted by Gasteiger charge is 2.32. The third-order valence-corrected chi connectivity index (χ3v) is 5.54. The van der Waals surface area contributed by atoms with Crippen molar-refractivity contribution in [3.05, 3.63) is 41.6 Å². The first-order valence-electron chi connectivity index (χ1n) is 8.66. The third-order valence-electron chi connectivity index (χ3n) is 5.24. The summed E-state index contributed by atoms with van der Waals surface area (Å²) in [6, 6.07) is 9.90. The minimum absolute atomic E-state index is 0.0525. The largest absolute Gasteiger partial charge is 0.396 e. The van der Waals surface area contributed by atoms with E-state index in [1.165, 1.54) is 0 Å². The number of aromatic nitrogens is 3. The lowest BCUT2D eigenvalue weighted by Crippen LogP contribution is -2.21. The highest BCUT2D eigenvalue weighted by molar-refractivity contribution is 6.33. The van der Waals surface area contributed by atoms with Crippen LogP contribution in [0.5, 0.6) is 0 Å². The summed E-state index contributed by atoms with van der Waals surface area (Å²) in [6.07, 6.45) is 1.64. The number of halogens is 1. The predicted molar refractivity (Wildman–Crippen MR) is 102 cm³/mol. The maximum Gasteiger partial charge on any atom is 0.142 e. The molecule has 0 bridgehead atoms. The number of hydrogen-bond acceptors (Lipinski definition) is 5. The van der Waals surface area contributed by atoms with Gasteiger partial charge in [0.2, 0.25) is 0 Å². The summed E-state index contributed by atoms with van der Waals surface area (Å²) in [5, 5.41) is 19.6. The van der Waals surface area contributed by atoms with Gasteiger partial charge >= 0.3 is 0 Å². The zero-order valence-corrected chi connectivity index (χ0v) is 15.3. The average Bonchev–Trinajstić information content (AvgIpc) is 3.23.